The molecule has 2 heterocycles. The molecule has 0 unspecified atom stereocenters. The first kappa shape index (κ1) is 17.7. The molecule has 4 nitrogen and oxygen atoms in total. The Bertz CT molecular complexity index is 900. The predicted octanol–water partition coefficient (Wildman–Crippen LogP) is 5.02. The van der Waals surface area contributed by atoms with E-state index >= 15 is 0 Å². The average molecular weight is 358 g/mol. The van der Waals surface area contributed by atoms with Gasteiger partial charge in [0.15, 0.2) is 0 Å². The second kappa shape index (κ2) is 7.87. The van der Waals surface area contributed by atoms with Gasteiger partial charge >= 0.3 is 0 Å². The molecule has 138 valence electrons. The number of rotatable bonds is 7. The summed E-state index contributed by atoms with van der Waals surface area (Å²) < 4.78 is 0. The van der Waals surface area contributed by atoms with Crippen LogP contribution in [0.2, 0.25) is 0 Å². The van der Waals surface area contributed by atoms with Crippen LogP contribution in [0.5, 0.6) is 0 Å². The van der Waals surface area contributed by atoms with Gasteiger partial charge in [0.2, 0.25) is 0 Å². The zero-order valence-corrected chi connectivity index (χ0v) is 16.0. The lowest BCUT2D eigenvalue weighted by Gasteiger charge is -2.17. The average Bonchev–Trinajstić information content (AvgIpc) is 3.51. The Morgan fingerprint density at radius 2 is 1.93 bits per heavy atom. The third-order valence-electron chi connectivity index (χ3n) is 5.26. The van der Waals surface area contributed by atoms with Gasteiger partial charge in [-0.2, -0.15) is 0 Å². The molecular weight excluding hydrogens is 332 g/mol. The lowest BCUT2D eigenvalue weighted by atomic mass is 9.93. The van der Waals surface area contributed by atoms with E-state index in [9.17, 15) is 0 Å². The molecule has 0 aliphatic heterocycles. The maximum atomic E-state index is 4.39. The summed E-state index contributed by atoms with van der Waals surface area (Å²) in [4.78, 5) is 13.1. The second-order valence-corrected chi connectivity index (χ2v) is 7.61. The van der Waals surface area contributed by atoms with Crippen LogP contribution >= 0.6 is 0 Å². The second-order valence-electron chi connectivity index (χ2n) is 7.61. The van der Waals surface area contributed by atoms with Crippen molar-refractivity contribution in [3.63, 3.8) is 0 Å². The van der Waals surface area contributed by atoms with Gasteiger partial charge < -0.3 is 5.32 Å². The standard InChI is InChI=1S/C23H26N4/c1-16(21-6-4-3-5-19(21)11-18-8-9-18)13-25-23-12-22(26-15-27-23)20-10-7-17(2)24-14-20/h3-7,10,12,14-16,18H,8-9,11,13H2,1-2H3,(H,25,26,27)/t16-/m1/s1. The molecule has 1 aromatic carbocycles. The summed E-state index contributed by atoms with van der Waals surface area (Å²) >= 11 is 0. The summed E-state index contributed by atoms with van der Waals surface area (Å²) in [6.07, 6.45) is 7.47. The van der Waals surface area contributed by atoms with Crippen molar-refractivity contribution >= 4 is 5.82 Å². The van der Waals surface area contributed by atoms with E-state index in [0.717, 1.165) is 35.2 Å². The van der Waals surface area contributed by atoms with Crippen LogP contribution in [0, 0.1) is 12.8 Å². The molecule has 1 aliphatic carbocycles. The monoisotopic (exact) mass is 358 g/mol. The van der Waals surface area contributed by atoms with Gasteiger partial charge in [0.25, 0.3) is 0 Å². The Labute approximate surface area is 161 Å². The molecule has 0 saturated heterocycles. The highest BCUT2D eigenvalue weighted by Crippen LogP contribution is 2.34. The van der Waals surface area contributed by atoms with Crippen molar-refractivity contribution < 1.29 is 0 Å². The van der Waals surface area contributed by atoms with Crippen molar-refractivity contribution in [2.45, 2.75) is 39.0 Å². The largest absolute Gasteiger partial charge is 0.369 e. The predicted molar refractivity (Wildman–Crippen MR) is 110 cm³/mol. The number of aromatic nitrogens is 3. The number of nitrogens with zero attached hydrogens (tertiary/aromatic N) is 3. The highest BCUT2D eigenvalue weighted by atomic mass is 15.0. The fourth-order valence-corrected chi connectivity index (χ4v) is 3.43. The van der Waals surface area contributed by atoms with Crippen molar-refractivity contribution in [3.8, 4) is 11.3 Å². The van der Waals surface area contributed by atoms with Gasteiger partial charge in [0.05, 0.1) is 5.69 Å². The summed E-state index contributed by atoms with van der Waals surface area (Å²) in [6, 6.07) is 14.9. The third kappa shape index (κ3) is 4.51. The van der Waals surface area contributed by atoms with E-state index in [1.54, 1.807) is 6.33 Å². The molecule has 27 heavy (non-hydrogen) atoms. The number of benzene rings is 1. The molecule has 0 bridgehead atoms. The molecule has 4 heteroatoms. The van der Waals surface area contributed by atoms with E-state index in [-0.39, 0.29) is 0 Å². The van der Waals surface area contributed by atoms with E-state index < -0.39 is 0 Å². The fraction of sp³-hybridized carbons (Fsp3) is 0.348. The lowest BCUT2D eigenvalue weighted by molar-refractivity contribution is 0.757. The van der Waals surface area contributed by atoms with Crippen molar-refractivity contribution in [2.24, 2.45) is 5.92 Å². The molecule has 1 fully saturated rings. The zero-order chi connectivity index (χ0) is 18.6. The van der Waals surface area contributed by atoms with Crippen LogP contribution in [0.25, 0.3) is 11.3 Å². The van der Waals surface area contributed by atoms with Crippen molar-refractivity contribution in [3.05, 3.63) is 71.8 Å². The van der Waals surface area contributed by atoms with Crippen molar-refractivity contribution in [2.75, 3.05) is 11.9 Å². The topological polar surface area (TPSA) is 50.7 Å². The molecule has 2 aromatic heterocycles. The lowest BCUT2D eigenvalue weighted by Crippen LogP contribution is -2.13. The maximum absolute atomic E-state index is 4.39. The van der Waals surface area contributed by atoms with Gasteiger partial charge in [0, 0.05) is 30.1 Å². The van der Waals surface area contributed by atoms with E-state index in [0.29, 0.717) is 5.92 Å². The molecule has 1 N–H and O–H groups in total. The fourth-order valence-electron chi connectivity index (χ4n) is 3.43. The Morgan fingerprint density at radius 1 is 1.07 bits per heavy atom. The number of anilines is 1. The molecule has 3 aromatic rings. The van der Waals surface area contributed by atoms with Crippen LogP contribution in [-0.4, -0.2) is 21.5 Å². The van der Waals surface area contributed by atoms with E-state index in [1.807, 2.05) is 31.3 Å². The number of aryl methyl sites for hydroxylation is 1. The molecule has 1 atom stereocenters. The summed E-state index contributed by atoms with van der Waals surface area (Å²) in [5.74, 6) is 2.19. The Balaban J connectivity index is 1.44. The summed E-state index contributed by atoms with van der Waals surface area (Å²) in [7, 11) is 0. The molecule has 4 rings (SSSR count). The van der Waals surface area contributed by atoms with Gasteiger partial charge in [-0.1, -0.05) is 31.2 Å². The summed E-state index contributed by atoms with van der Waals surface area (Å²) in [5, 5.41) is 3.49. The molecule has 0 spiro atoms. The SMILES string of the molecule is Cc1ccc(-c2cc(NC[C@@H](C)c3ccccc3CC3CC3)ncn2)cn1. The highest BCUT2D eigenvalue weighted by Gasteiger charge is 2.23. The minimum Gasteiger partial charge on any atom is -0.369 e. The number of hydrogen-bond acceptors (Lipinski definition) is 4. The number of hydrogen-bond donors (Lipinski definition) is 1. The van der Waals surface area contributed by atoms with Gasteiger partial charge in [-0.25, -0.2) is 9.97 Å². The summed E-state index contributed by atoms with van der Waals surface area (Å²) in [5.41, 5.74) is 5.86. The maximum Gasteiger partial charge on any atom is 0.129 e. The Morgan fingerprint density at radius 3 is 2.70 bits per heavy atom. The van der Waals surface area contributed by atoms with Gasteiger partial charge in [-0.3, -0.25) is 4.98 Å². The van der Waals surface area contributed by atoms with Crippen LogP contribution in [0.4, 0.5) is 5.82 Å². The Hall–Kier alpha value is -2.75. The minimum absolute atomic E-state index is 0.430. The first-order valence-corrected chi connectivity index (χ1v) is 9.76. The van der Waals surface area contributed by atoms with Crippen LogP contribution in [0.3, 0.4) is 0 Å². The number of nitrogens with one attached hydrogen (secondary N) is 1. The van der Waals surface area contributed by atoms with Crippen LogP contribution in [0.1, 0.15) is 42.5 Å². The van der Waals surface area contributed by atoms with Crippen molar-refractivity contribution in [1.29, 1.82) is 0 Å². The first-order chi connectivity index (χ1) is 13.2. The Kier molecular flexibility index (Phi) is 5.14. The quantitative estimate of drug-likeness (QED) is 0.645. The van der Waals surface area contributed by atoms with E-state index in [2.05, 4.69) is 51.5 Å². The van der Waals surface area contributed by atoms with Crippen LogP contribution in [0.15, 0.2) is 55.0 Å². The van der Waals surface area contributed by atoms with Crippen LogP contribution < -0.4 is 5.32 Å². The van der Waals surface area contributed by atoms with Gasteiger partial charge in [0.1, 0.15) is 12.1 Å². The smallest absolute Gasteiger partial charge is 0.129 e. The molecular formula is C23H26N4. The highest BCUT2D eigenvalue weighted by molar-refractivity contribution is 5.61. The number of pyridine rings is 1. The molecule has 0 amide bonds. The molecule has 1 saturated carbocycles. The van der Waals surface area contributed by atoms with E-state index in [1.165, 1.54) is 30.4 Å². The third-order valence-corrected chi connectivity index (χ3v) is 5.26. The van der Waals surface area contributed by atoms with Gasteiger partial charge in [-0.15, -0.1) is 0 Å². The molecule has 1 aliphatic rings. The summed E-state index contributed by atoms with van der Waals surface area (Å²) in [6.45, 7) is 5.12. The van der Waals surface area contributed by atoms with Crippen molar-refractivity contribution in [1.82, 2.24) is 15.0 Å². The van der Waals surface area contributed by atoms with Crippen LogP contribution in [-0.2, 0) is 6.42 Å². The minimum atomic E-state index is 0.430. The molecule has 0 radical (unpaired) electrons. The normalized spacial score (nSPS) is 14.7. The zero-order valence-electron chi connectivity index (χ0n) is 16.0. The van der Waals surface area contributed by atoms with E-state index in [4.69, 9.17) is 0 Å². The first-order valence-electron chi connectivity index (χ1n) is 9.76. The van der Waals surface area contributed by atoms with Gasteiger partial charge in [-0.05, 0) is 61.3 Å².